The zero-order valence-corrected chi connectivity index (χ0v) is 10.3. The number of rotatable bonds is 2. The van der Waals surface area contributed by atoms with Crippen molar-refractivity contribution in [3.8, 4) is 17.1 Å². The fraction of sp³-hybridized carbons (Fsp3) is 0.286. The van der Waals surface area contributed by atoms with E-state index in [0.717, 1.165) is 24.1 Å². The van der Waals surface area contributed by atoms with E-state index in [0.29, 0.717) is 5.88 Å². The van der Waals surface area contributed by atoms with E-state index in [4.69, 9.17) is 10.5 Å². The number of hydrogen-bond donors (Lipinski definition) is 1. The quantitative estimate of drug-likeness (QED) is 0.874. The summed E-state index contributed by atoms with van der Waals surface area (Å²) in [5.41, 5.74) is 10.4. The lowest BCUT2D eigenvalue weighted by Crippen LogP contribution is -2.04. The highest BCUT2D eigenvalue weighted by Gasteiger charge is 2.20. The van der Waals surface area contributed by atoms with Crippen LogP contribution in [-0.4, -0.2) is 17.1 Å². The fourth-order valence-electron chi connectivity index (χ4n) is 2.47. The molecule has 0 spiro atoms. The Morgan fingerprint density at radius 3 is 2.94 bits per heavy atom. The van der Waals surface area contributed by atoms with Crippen molar-refractivity contribution in [2.24, 2.45) is 5.73 Å². The Balaban J connectivity index is 2.08. The van der Waals surface area contributed by atoms with Crippen LogP contribution in [0.4, 0.5) is 0 Å². The predicted octanol–water partition coefficient (Wildman–Crippen LogP) is 2.10. The molecular formula is C14H15N3O. The zero-order valence-electron chi connectivity index (χ0n) is 10.3. The number of nitrogens with zero attached hydrogens (tertiary/aromatic N) is 2. The van der Waals surface area contributed by atoms with Gasteiger partial charge in [0.05, 0.1) is 7.11 Å². The molecule has 1 aromatic heterocycles. The lowest BCUT2D eigenvalue weighted by molar-refractivity contribution is 0.398. The van der Waals surface area contributed by atoms with Gasteiger partial charge >= 0.3 is 0 Å². The van der Waals surface area contributed by atoms with Crippen LogP contribution in [-0.2, 0) is 6.42 Å². The van der Waals surface area contributed by atoms with Gasteiger partial charge in [0.15, 0.2) is 0 Å². The minimum Gasteiger partial charge on any atom is -0.479 e. The van der Waals surface area contributed by atoms with E-state index in [1.165, 1.54) is 11.1 Å². The van der Waals surface area contributed by atoms with Crippen molar-refractivity contribution in [2.45, 2.75) is 18.9 Å². The number of hydrogen-bond acceptors (Lipinski definition) is 4. The standard InChI is InChI=1S/C14H15N3O/c1-18-14-13(16-6-7-17-14)10-2-4-11-9(8-10)3-5-12(11)15/h2,4,6-8,12H,3,5,15H2,1H3. The van der Waals surface area contributed by atoms with Gasteiger partial charge < -0.3 is 10.5 Å². The molecule has 1 atom stereocenters. The Morgan fingerprint density at radius 2 is 2.11 bits per heavy atom. The Hall–Kier alpha value is -1.94. The Kier molecular flexibility index (Phi) is 2.72. The minimum absolute atomic E-state index is 0.179. The van der Waals surface area contributed by atoms with E-state index >= 15 is 0 Å². The third kappa shape index (κ3) is 1.75. The van der Waals surface area contributed by atoms with Crippen molar-refractivity contribution in [1.29, 1.82) is 0 Å². The molecule has 2 N–H and O–H groups in total. The number of ether oxygens (including phenoxy) is 1. The second-order valence-electron chi connectivity index (χ2n) is 4.47. The normalized spacial score (nSPS) is 17.6. The van der Waals surface area contributed by atoms with Gasteiger partial charge in [-0.15, -0.1) is 0 Å². The molecule has 1 unspecified atom stereocenters. The van der Waals surface area contributed by atoms with E-state index in [9.17, 15) is 0 Å². The molecule has 4 heteroatoms. The number of benzene rings is 1. The lowest BCUT2D eigenvalue weighted by Gasteiger charge is -2.09. The van der Waals surface area contributed by atoms with Crippen LogP contribution in [0, 0.1) is 0 Å². The second kappa shape index (κ2) is 4.38. The van der Waals surface area contributed by atoms with Crippen LogP contribution >= 0.6 is 0 Å². The predicted molar refractivity (Wildman–Crippen MR) is 69.3 cm³/mol. The summed E-state index contributed by atoms with van der Waals surface area (Å²) >= 11 is 0. The molecule has 1 aromatic carbocycles. The van der Waals surface area contributed by atoms with Crippen LogP contribution < -0.4 is 10.5 Å². The molecule has 3 rings (SSSR count). The third-order valence-corrected chi connectivity index (χ3v) is 3.40. The molecule has 1 aliphatic carbocycles. The Morgan fingerprint density at radius 1 is 1.28 bits per heavy atom. The van der Waals surface area contributed by atoms with Crippen LogP contribution in [0.3, 0.4) is 0 Å². The molecule has 0 saturated heterocycles. The highest BCUT2D eigenvalue weighted by atomic mass is 16.5. The van der Waals surface area contributed by atoms with Gasteiger partial charge in [0, 0.05) is 24.0 Å². The van der Waals surface area contributed by atoms with E-state index < -0.39 is 0 Å². The van der Waals surface area contributed by atoms with Crippen LogP contribution in [0.25, 0.3) is 11.3 Å². The molecule has 92 valence electrons. The zero-order chi connectivity index (χ0) is 12.5. The van der Waals surface area contributed by atoms with Crippen molar-refractivity contribution in [2.75, 3.05) is 7.11 Å². The molecule has 0 aliphatic heterocycles. The number of fused-ring (bicyclic) bond motifs is 1. The summed E-state index contributed by atoms with van der Waals surface area (Å²) in [5.74, 6) is 0.555. The van der Waals surface area contributed by atoms with Crippen LogP contribution in [0.1, 0.15) is 23.6 Å². The van der Waals surface area contributed by atoms with Crippen LogP contribution in [0.2, 0.25) is 0 Å². The largest absolute Gasteiger partial charge is 0.479 e. The molecule has 4 nitrogen and oxygen atoms in total. The van der Waals surface area contributed by atoms with Crippen molar-refractivity contribution in [3.63, 3.8) is 0 Å². The highest BCUT2D eigenvalue weighted by molar-refractivity contribution is 5.66. The summed E-state index contributed by atoms with van der Waals surface area (Å²) in [7, 11) is 1.61. The van der Waals surface area contributed by atoms with Gasteiger partial charge in [-0.25, -0.2) is 9.97 Å². The summed E-state index contributed by atoms with van der Waals surface area (Å²) < 4.78 is 5.24. The lowest BCUT2D eigenvalue weighted by atomic mass is 10.0. The first kappa shape index (κ1) is 11.2. The van der Waals surface area contributed by atoms with Gasteiger partial charge in [0.1, 0.15) is 5.69 Å². The molecule has 18 heavy (non-hydrogen) atoms. The van der Waals surface area contributed by atoms with Gasteiger partial charge in [-0.1, -0.05) is 12.1 Å². The monoisotopic (exact) mass is 241 g/mol. The summed E-state index contributed by atoms with van der Waals surface area (Å²) in [6, 6.07) is 6.46. The second-order valence-corrected chi connectivity index (χ2v) is 4.47. The molecular weight excluding hydrogens is 226 g/mol. The minimum atomic E-state index is 0.179. The van der Waals surface area contributed by atoms with E-state index in [1.807, 2.05) is 6.07 Å². The smallest absolute Gasteiger partial charge is 0.240 e. The summed E-state index contributed by atoms with van der Waals surface area (Å²) in [6.45, 7) is 0. The average molecular weight is 241 g/mol. The number of methoxy groups -OCH3 is 1. The topological polar surface area (TPSA) is 61.0 Å². The van der Waals surface area contributed by atoms with Gasteiger partial charge in [0.2, 0.25) is 5.88 Å². The first-order valence-corrected chi connectivity index (χ1v) is 6.03. The SMILES string of the molecule is COc1nccnc1-c1ccc2c(c1)CCC2N. The number of nitrogens with two attached hydrogens (primary N) is 1. The molecule has 2 aromatic rings. The van der Waals surface area contributed by atoms with Gasteiger partial charge in [0.25, 0.3) is 0 Å². The van der Waals surface area contributed by atoms with Crippen molar-refractivity contribution >= 4 is 0 Å². The maximum Gasteiger partial charge on any atom is 0.240 e. The Labute approximate surface area is 106 Å². The van der Waals surface area contributed by atoms with Gasteiger partial charge in [-0.3, -0.25) is 0 Å². The van der Waals surface area contributed by atoms with Crippen LogP contribution in [0.5, 0.6) is 5.88 Å². The number of aromatic nitrogens is 2. The average Bonchev–Trinajstić information content (AvgIpc) is 2.80. The van der Waals surface area contributed by atoms with Gasteiger partial charge in [-0.2, -0.15) is 0 Å². The Bertz CT molecular complexity index is 583. The van der Waals surface area contributed by atoms with E-state index in [-0.39, 0.29) is 6.04 Å². The van der Waals surface area contributed by atoms with Crippen molar-refractivity contribution in [3.05, 3.63) is 41.7 Å². The maximum atomic E-state index is 6.04. The van der Waals surface area contributed by atoms with E-state index in [1.54, 1.807) is 19.5 Å². The van der Waals surface area contributed by atoms with Crippen molar-refractivity contribution < 1.29 is 4.74 Å². The van der Waals surface area contributed by atoms with Crippen molar-refractivity contribution in [1.82, 2.24) is 9.97 Å². The first-order chi connectivity index (χ1) is 8.79. The van der Waals surface area contributed by atoms with E-state index in [2.05, 4.69) is 22.1 Å². The molecule has 0 amide bonds. The number of aryl methyl sites for hydroxylation is 1. The van der Waals surface area contributed by atoms with Gasteiger partial charge in [-0.05, 0) is 30.0 Å². The summed E-state index contributed by atoms with van der Waals surface area (Å²) in [6.07, 6.45) is 5.37. The molecule has 0 saturated carbocycles. The fourth-order valence-corrected chi connectivity index (χ4v) is 2.47. The molecule has 1 heterocycles. The van der Waals surface area contributed by atoms with Crippen LogP contribution in [0.15, 0.2) is 30.6 Å². The summed E-state index contributed by atoms with van der Waals surface area (Å²) in [4.78, 5) is 8.52. The molecule has 0 bridgehead atoms. The highest BCUT2D eigenvalue weighted by Crippen LogP contribution is 2.34. The first-order valence-electron chi connectivity index (χ1n) is 6.03. The molecule has 0 fully saturated rings. The molecule has 0 radical (unpaired) electrons. The maximum absolute atomic E-state index is 6.04. The summed E-state index contributed by atoms with van der Waals surface area (Å²) in [5, 5.41) is 0. The molecule has 1 aliphatic rings. The third-order valence-electron chi connectivity index (χ3n) is 3.40.